The first kappa shape index (κ1) is 13.5. The average molecular weight is 330 g/mol. The largest absolute Gasteiger partial charge is 0.368 e. The minimum atomic E-state index is 0.615. The summed E-state index contributed by atoms with van der Waals surface area (Å²) in [6.45, 7) is 1.75. The molecular formula is C15H12ClN5S. The lowest BCUT2D eigenvalue weighted by molar-refractivity contribution is 0.960. The Morgan fingerprint density at radius 3 is 2.95 bits per heavy atom. The van der Waals surface area contributed by atoms with Crippen molar-refractivity contribution in [1.29, 1.82) is 0 Å². The highest BCUT2D eigenvalue weighted by Gasteiger charge is 2.11. The lowest BCUT2D eigenvalue weighted by Gasteiger charge is -2.01. The van der Waals surface area contributed by atoms with E-state index < -0.39 is 0 Å². The fourth-order valence-electron chi connectivity index (χ4n) is 2.28. The summed E-state index contributed by atoms with van der Waals surface area (Å²) in [5, 5.41) is 7.91. The number of anilines is 2. The molecule has 0 radical (unpaired) electrons. The van der Waals surface area contributed by atoms with Crippen LogP contribution in [0.15, 0.2) is 41.5 Å². The molecule has 0 aliphatic carbocycles. The van der Waals surface area contributed by atoms with E-state index in [1.165, 1.54) is 0 Å². The molecule has 0 unspecified atom stereocenters. The summed E-state index contributed by atoms with van der Waals surface area (Å²) in [7, 11) is 0. The summed E-state index contributed by atoms with van der Waals surface area (Å²) >= 11 is 7.43. The number of nitrogens with zero attached hydrogens (tertiary/aromatic N) is 3. The first-order chi connectivity index (χ1) is 10.8. The van der Waals surface area contributed by atoms with Crippen LogP contribution in [-0.4, -0.2) is 28.9 Å². The molecule has 0 fully saturated rings. The number of nitrogens with one attached hydrogen (secondary N) is 2. The number of amidine groups is 1. The number of pyridine rings is 1. The molecule has 0 saturated heterocycles. The first-order valence-corrected chi connectivity index (χ1v) is 8.05. The van der Waals surface area contributed by atoms with Crippen molar-refractivity contribution >= 4 is 49.9 Å². The van der Waals surface area contributed by atoms with Crippen LogP contribution in [0.4, 0.5) is 10.9 Å². The average Bonchev–Trinajstić information content (AvgIpc) is 3.17. The van der Waals surface area contributed by atoms with E-state index in [4.69, 9.17) is 11.6 Å². The third-order valence-corrected chi connectivity index (χ3v) is 4.46. The van der Waals surface area contributed by atoms with Gasteiger partial charge in [-0.3, -0.25) is 4.99 Å². The zero-order valence-electron chi connectivity index (χ0n) is 11.5. The van der Waals surface area contributed by atoms with Gasteiger partial charge in [0, 0.05) is 18.3 Å². The van der Waals surface area contributed by atoms with Crippen molar-refractivity contribution in [3.05, 3.63) is 47.1 Å². The van der Waals surface area contributed by atoms with E-state index >= 15 is 0 Å². The summed E-state index contributed by atoms with van der Waals surface area (Å²) in [5.41, 5.74) is 2.06. The van der Waals surface area contributed by atoms with E-state index in [1.807, 2.05) is 18.2 Å². The predicted molar refractivity (Wildman–Crippen MR) is 91.6 cm³/mol. The zero-order valence-corrected chi connectivity index (χ0v) is 13.1. The Kier molecular flexibility index (Phi) is 3.40. The Hall–Kier alpha value is -2.18. The number of fused-ring (bicyclic) bond motifs is 1. The maximum absolute atomic E-state index is 5.84. The first-order valence-electron chi connectivity index (χ1n) is 6.86. The van der Waals surface area contributed by atoms with Crippen molar-refractivity contribution in [3.63, 3.8) is 0 Å². The predicted octanol–water partition coefficient (Wildman–Crippen LogP) is 3.44. The molecule has 22 heavy (non-hydrogen) atoms. The quantitative estimate of drug-likeness (QED) is 0.772. The minimum Gasteiger partial charge on any atom is -0.368 e. The smallest absolute Gasteiger partial charge is 0.189 e. The number of aromatic nitrogens is 2. The van der Waals surface area contributed by atoms with Gasteiger partial charge >= 0.3 is 0 Å². The van der Waals surface area contributed by atoms with Crippen LogP contribution in [0.3, 0.4) is 0 Å². The molecule has 2 N–H and O–H groups in total. The van der Waals surface area contributed by atoms with E-state index in [-0.39, 0.29) is 0 Å². The van der Waals surface area contributed by atoms with Crippen LogP contribution < -0.4 is 10.6 Å². The van der Waals surface area contributed by atoms with Gasteiger partial charge in [0.1, 0.15) is 11.7 Å². The number of halogens is 1. The molecule has 0 bridgehead atoms. The summed E-state index contributed by atoms with van der Waals surface area (Å²) in [6.07, 6.45) is 1.61. The number of thiazole rings is 1. The van der Waals surface area contributed by atoms with Crippen molar-refractivity contribution in [2.75, 3.05) is 18.4 Å². The summed E-state index contributed by atoms with van der Waals surface area (Å²) in [6, 6.07) is 9.81. The van der Waals surface area contributed by atoms with Crippen molar-refractivity contribution in [3.8, 4) is 0 Å². The summed E-state index contributed by atoms with van der Waals surface area (Å²) in [5.74, 6) is 1.69. The highest BCUT2D eigenvalue weighted by atomic mass is 35.5. The second-order valence-electron chi connectivity index (χ2n) is 4.85. The van der Waals surface area contributed by atoms with E-state index in [9.17, 15) is 0 Å². The minimum absolute atomic E-state index is 0.615. The molecule has 0 amide bonds. The molecule has 7 heteroatoms. The standard InChI is InChI=1S/C15H12ClN5S/c16-10-2-4-13(19-8-10)21-15-20-11-3-1-9(7-12(11)22-15)14-17-5-6-18-14/h1-4,7-8H,5-6H2,(H,17,18)(H,19,20,21). The maximum atomic E-state index is 5.84. The third-order valence-electron chi connectivity index (χ3n) is 3.30. The topological polar surface area (TPSA) is 62.2 Å². The molecule has 2 aromatic heterocycles. The van der Waals surface area contributed by atoms with Crippen LogP contribution in [0.25, 0.3) is 10.2 Å². The molecular weight excluding hydrogens is 318 g/mol. The molecule has 3 aromatic rings. The fraction of sp³-hybridized carbons (Fsp3) is 0.133. The summed E-state index contributed by atoms with van der Waals surface area (Å²) < 4.78 is 1.12. The molecule has 3 heterocycles. The van der Waals surface area contributed by atoms with Gasteiger partial charge in [-0.15, -0.1) is 0 Å². The second-order valence-corrected chi connectivity index (χ2v) is 6.31. The molecule has 0 atom stereocenters. The molecule has 1 aliphatic rings. The van der Waals surface area contributed by atoms with Gasteiger partial charge in [0.05, 0.1) is 21.8 Å². The number of rotatable bonds is 3. The molecule has 5 nitrogen and oxygen atoms in total. The van der Waals surface area contributed by atoms with Crippen LogP contribution in [0.2, 0.25) is 5.02 Å². The Balaban J connectivity index is 1.64. The van der Waals surface area contributed by atoms with Gasteiger partial charge < -0.3 is 10.6 Å². The summed E-state index contributed by atoms with van der Waals surface area (Å²) in [4.78, 5) is 13.2. The van der Waals surface area contributed by atoms with Crippen molar-refractivity contribution in [1.82, 2.24) is 15.3 Å². The molecule has 0 spiro atoms. The normalized spacial score (nSPS) is 14.0. The Morgan fingerprint density at radius 2 is 2.18 bits per heavy atom. The zero-order chi connectivity index (χ0) is 14.9. The maximum Gasteiger partial charge on any atom is 0.189 e. The third kappa shape index (κ3) is 2.63. The van der Waals surface area contributed by atoms with Crippen molar-refractivity contribution in [2.24, 2.45) is 4.99 Å². The highest BCUT2D eigenvalue weighted by molar-refractivity contribution is 7.22. The monoisotopic (exact) mass is 329 g/mol. The number of benzene rings is 1. The SMILES string of the molecule is Clc1ccc(Nc2nc3ccc(C4=NCCN4)cc3s2)nc1. The van der Waals surface area contributed by atoms with E-state index in [0.29, 0.717) is 5.02 Å². The Morgan fingerprint density at radius 1 is 1.23 bits per heavy atom. The Labute approximate surface area is 136 Å². The van der Waals surface area contributed by atoms with Crippen LogP contribution in [-0.2, 0) is 0 Å². The highest BCUT2D eigenvalue weighted by Crippen LogP contribution is 2.29. The van der Waals surface area contributed by atoms with Gasteiger partial charge in [0.25, 0.3) is 0 Å². The van der Waals surface area contributed by atoms with Crippen LogP contribution in [0.1, 0.15) is 5.56 Å². The lowest BCUT2D eigenvalue weighted by atomic mass is 10.2. The lowest BCUT2D eigenvalue weighted by Crippen LogP contribution is -2.19. The van der Waals surface area contributed by atoms with Gasteiger partial charge in [-0.1, -0.05) is 22.9 Å². The molecule has 4 rings (SSSR count). The second kappa shape index (κ2) is 5.55. The van der Waals surface area contributed by atoms with Gasteiger partial charge in [-0.25, -0.2) is 9.97 Å². The van der Waals surface area contributed by atoms with Crippen LogP contribution >= 0.6 is 22.9 Å². The van der Waals surface area contributed by atoms with Crippen LogP contribution in [0.5, 0.6) is 0 Å². The van der Waals surface area contributed by atoms with Gasteiger partial charge in [-0.05, 0) is 30.3 Å². The van der Waals surface area contributed by atoms with Gasteiger partial charge in [-0.2, -0.15) is 0 Å². The van der Waals surface area contributed by atoms with Crippen LogP contribution in [0, 0.1) is 0 Å². The molecule has 1 aromatic carbocycles. The van der Waals surface area contributed by atoms with Gasteiger partial charge in [0.15, 0.2) is 5.13 Å². The molecule has 1 aliphatic heterocycles. The van der Waals surface area contributed by atoms with E-state index in [1.54, 1.807) is 23.6 Å². The Bertz CT molecular complexity index is 856. The number of hydrogen-bond acceptors (Lipinski definition) is 6. The molecule has 0 saturated carbocycles. The fourth-order valence-corrected chi connectivity index (χ4v) is 3.30. The van der Waals surface area contributed by atoms with Gasteiger partial charge in [0.2, 0.25) is 0 Å². The van der Waals surface area contributed by atoms with E-state index in [0.717, 1.165) is 45.7 Å². The van der Waals surface area contributed by atoms with Crippen molar-refractivity contribution < 1.29 is 0 Å². The molecule has 110 valence electrons. The van der Waals surface area contributed by atoms with Crippen molar-refractivity contribution in [2.45, 2.75) is 0 Å². The number of aliphatic imine (C=N–C) groups is 1. The van der Waals surface area contributed by atoms with E-state index in [2.05, 4.69) is 31.7 Å². The number of hydrogen-bond donors (Lipinski definition) is 2.